The van der Waals surface area contributed by atoms with Crippen molar-refractivity contribution in [1.29, 1.82) is 0 Å². The second-order valence-electron chi connectivity index (χ2n) is 5.01. The predicted molar refractivity (Wildman–Crippen MR) is 81.1 cm³/mol. The number of nitrogens with zero attached hydrogens (tertiary/aromatic N) is 1. The number of hydrogen-bond donors (Lipinski definition) is 3. The first-order valence-electron chi connectivity index (χ1n) is 6.75. The molecule has 0 bridgehead atoms. The monoisotopic (exact) mass is 294 g/mol. The van der Waals surface area contributed by atoms with Gasteiger partial charge in [-0.3, -0.25) is 9.89 Å². The normalized spacial score (nSPS) is 18.5. The molecule has 1 aliphatic heterocycles. The lowest BCUT2D eigenvalue weighted by Gasteiger charge is -2.23. The third-order valence-electron chi connectivity index (χ3n) is 3.54. The van der Waals surface area contributed by atoms with Gasteiger partial charge >= 0.3 is 0 Å². The van der Waals surface area contributed by atoms with Gasteiger partial charge in [0.2, 0.25) is 5.91 Å². The minimum absolute atomic E-state index is 0. The number of aromatic nitrogens is 2. The molecule has 0 saturated carbocycles. The molecule has 3 N–H and O–H groups in total. The van der Waals surface area contributed by atoms with Crippen LogP contribution in [0.15, 0.2) is 24.3 Å². The average molecular weight is 295 g/mol. The van der Waals surface area contributed by atoms with Crippen molar-refractivity contribution in [3.05, 3.63) is 30.0 Å². The van der Waals surface area contributed by atoms with Gasteiger partial charge in [0.1, 0.15) is 0 Å². The van der Waals surface area contributed by atoms with Crippen molar-refractivity contribution in [3.8, 4) is 0 Å². The highest BCUT2D eigenvalue weighted by molar-refractivity contribution is 5.87. The Balaban J connectivity index is 0.00000147. The number of halogens is 1. The number of hydrogen-bond acceptors (Lipinski definition) is 3. The molecule has 0 spiro atoms. The molecule has 1 atom stereocenters. The number of para-hydroxylation sites is 1. The highest BCUT2D eigenvalue weighted by atomic mass is 35.5. The van der Waals surface area contributed by atoms with E-state index < -0.39 is 0 Å². The number of piperidine rings is 1. The molecule has 0 radical (unpaired) electrons. The van der Waals surface area contributed by atoms with E-state index in [2.05, 4.69) is 20.8 Å². The van der Waals surface area contributed by atoms with Crippen LogP contribution in [0.4, 0.5) is 0 Å². The lowest BCUT2D eigenvalue weighted by molar-refractivity contribution is -0.121. The number of aromatic amines is 1. The molecular formula is C14H19ClN4O. The number of carbonyl (C=O) groups excluding carboxylic acids is 1. The summed E-state index contributed by atoms with van der Waals surface area (Å²) in [4.78, 5) is 12.0. The standard InChI is InChI=1S/C14H18N4O.ClH/c19-14(16-10-4-3-7-15-9-10)8-13-11-5-1-2-6-12(11)17-18-13;/h1-2,5-6,10,15H,3-4,7-9H2,(H,16,19)(H,17,18);1H. The van der Waals surface area contributed by atoms with Crippen LogP contribution in [0.25, 0.3) is 10.9 Å². The van der Waals surface area contributed by atoms with Gasteiger partial charge in [0.15, 0.2) is 0 Å². The van der Waals surface area contributed by atoms with E-state index in [9.17, 15) is 4.79 Å². The number of amides is 1. The van der Waals surface area contributed by atoms with Crippen molar-refractivity contribution >= 4 is 29.2 Å². The molecule has 1 aliphatic rings. The maximum atomic E-state index is 12.0. The zero-order chi connectivity index (χ0) is 13.1. The first kappa shape index (κ1) is 14.8. The summed E-state index contributed by atoms with van der Waals surface area (Å²) >= 11 is 0. The van der Waals surface area contributed by atoms with Crippen molar-refractivity contribution in [2.45, 2.75) is 25.3 Å². The summed E-state index contributed by atoms with van der Waals surface area (Å²) in [5.41, 5.74) is 1.79. The predicted octanol–water partition coefficient (Wildman–Crippen LogP) is 1.40. The van der Waals surface area contributed by atoms with Gasteiger partial charge in [-0.25, -0.2) is 0 Å². The van der Waals surface area contributed by atoms with Crippen molar-refractivity contribution in [2.75, 3.05) is 13.1 Å². The average Bonchev–Trinajstić information content (AvgIpc) is 2.83. The summed E-state index contributed by atoms with van der Waals surface area (Å²) in [6.45, 7) is 1.92. The molecule has 1 amide bonds. The van der Waals surface area contributed by atoms with E-state index in [0.29, 0.717) is 6.42 Å². The third-order valence-corrected chi connectivity index (χ3v) is 3.54. The minimum atomic E-state index is 0. The molecule has 1 aromatic carbocycles. The SMILES string of the molecule is Cl.O=C(Cc1[nH]nc2ccccc12)NC1CCCNC1. The Hall–Kier alpha value is -1.59. The molecule has 1 saturated heterocycles. The van der Waals surface area contributed by atoms with Gasteiger partial charge in [0.25, 0.3) is 0 Å². The molecule has 1 fully saturated rings. The fourth-order valence-electron chi connectivity index (χ4n) is 2.56. The molecule has 2 aromatic rings. The van der Waals surface area contributed by atoms with E-state index in [1.807, 2.05) is 24.3 Å². The minimum Gasteiger partial charge on any atom is -0.352 e. The number of nitrogens with one attached hydrogen (secondary N) is 3. The van der Waals surface area contributed by atoms with Gasteiger partial charge in [0.05, 0.1) is 17.6 Å². The summed E-state index contributed by atoms with van der Waals surface area (Å²) < 4.78 is 0. The van der Waals surface area contributed by atoms with Crippen LogP contribution in [0.3, 0.4) is 0 Å². The van der Waals surface area contributed by atoms with Crippen LogP contribution in [-0.4, -0.2) is 35.2 Å². The van der Waals surface area contributed by atoms with Gasteiger partial charge in [0, 0.05) is 18.0 Å². The molecule has 2 heterocycles. The molecule has 3 rings (SSSR count). The Kier molecular flexibility index (Phi) is 4.98. The fraction of sp³-hybridized carbons (Fsp3) is 0.429. The van der Waals surface area contributed by atoms with E-state index >= 15 is 0 Å². The Morgan fingerprint density at radius 2 is 2.25 bits per heavy atom. The molecule has 5 nitrogen and oxygen atoms in total. The Morgan fingerprint density at radius 3 is 3.05 bits per heavy atom. The second kappa shape index (κ2) is 6.72. The molecular weight excluding hydrogens is 276 g/mol. The van der Waals surface area contributed by atoms with Crippen LogP contribution in [0, 0.1) is 0 Å². The quantitative estimate of drug-likeness (QED) is 0.801. The number of H-pyrrole nitrogens is 1. The van der Waals surface area contributed by atoms with E-state index in [4.69, 9.17) is 0 Å². The summed E-state index contributed by atoms with van der Waals surface area (Å²) in [6.07, 6.45) is 2.54. The fourth-order valence-corrected chi connectivity index (χ4v) is 2.56. The largest absolute Gasteiger partial charge is 0.352 e. The van der Waals surface area contributed by atoms with Crippen molar-refractivity contribution in [2.24, 2.45) is 0 Å². The van der Waals surface area contributed by atoms with Gasteiger partial charge in [-0.05, 0) is 25.5 Å². The maximum Gasteiger partial charge on any atom is 0.226 e. The Bertz CT molecular complexity index is 577. The van der Waals surface area contributed by atoms with Gasteiger partial charge in [-0.1, -0.05) is 18.2 Å². The molecule has 6 heteroatoms. The topological polar surface area (TPSA) is 69.8 Å². The molecule has 0 aliphatic carbocycles. The van der Waals surface area contributed by atoms with Gasteiger partial charge in [-0.15, -0.1) is 12.4 Å². The van der Waals surface area contributed by atoms with Crippen LogP contribution < -0.4 is 10.6 Å². The number of carbonyl (C=O) groups is 1. The lowest BCUT2D eigenvalue weighted by atomic mass is 10.1. The van der Waals surface area contributed by atoms with Crippen molar-refractivity contribution in [3.63, 3.8) is 0 Å². The van der Waals surface area contributed by atoms with E-state index in [1.165, 1.54) is 0 Å². The Labute approximate surface area is 123 Å². The molecule has 1 aromatic heterocycles. The van der Waals surface area contributed by atoms with Crippen LogP contribution in [0.1, 0.15) is 18.5 Å². The van der Waals surface area contributed by atoms with E-state index in [0.717, 1.165) is 42.5 Å². The zero-order valence-corrected chi connectivity index (χ0v) is 12.0. The summed E-state index contributed by atoms with van der Waals surface area (Å²) in [5, 5.41) is 14.6. The summed E-state index contributed by atoms with van der Waals surface area (Å²) in [7, 11) is 0. The summed E-state index contributed by atoms with van der Waals surface area (Å²) in [6, 6.07) is 8.10. The zero-order valence-electron chi connectivity index (χ0n) is 11.2. The number of fused-ring (bicyclic) bond motifs is 1. The second-order valence-corrected chi connectivity index (χ2v) is 5.01. The van der Waals surface area contributed by atoms with Crippen molar-refractivity contribution < 1.29 is 4.79 Å². The summed E-state index contributed by atoms with van der Waals surface area (Å²) in [5.74, 6) is 0.0584. The highest BCUT2D eigenvalue weighted by Gasteiger charge is 2.16. The van der Waals surface area contributed by atoms with Crippen molar-refractivity contribution in [1.82, 2.24) is 20.8 Å². The van der Waals surface area contributed by atoms with Crippen LogP contribution in [0.5, 0.6) is 0 Å². The Morgan fingerprint density at radius 1 is 1.40 bits per heavy atom. The van der Waals surface area contributed by atoms with E-state index in [1.54, 1.807) is 0 Å². The van der Waals surface area contributed by atoms with Gasteiger partial charge < -0.3 is 10.6 Å². The maximum absolute atomic E-state index is 12.0. The van der Waals surface area contributed by atoms with E-state index in [-0.39, 0.29) is 24.4 Å². The van der Waals surface area contributed by atoms with Crippen LogP contribution in [-0.2, 0) is 11.2 Å². The van der Waals surface area contributed by atoms with Gasteiger partial charge in [-0.2, -0.15) is 5.10 Å². The van der Waals surface area contributed by atoms with Crippen LogP contribution >= 0.6 is 12.4 Å². The molecule has 1 unspecified atom stereocenters. The third kappa shape index (κ3) is 3.29. The first-order valence-corrected chi connectivity index (χ1v) is 6.75. The molecule has 20 heavy (non-hydrogen) atoms. The smallest absolute Gasteiger partial charge is 0.226 e. The first-order chi connectivity index (χ1) is 9.33. The lowest BCUT2D eigenvalue weighted by Crippen LogP contribution is -2.46. The number of rotatable bonds is 3. The van der Waals surface area contributed by atoms with Crippen LogP contribution in [0.2, 0.25) is 0 Å². The highest BCUT2D eigenvalue weighted by Crippen LogP contribution is 2.15. The number of benzene rings is 1. The molecule has 108 valence electrons.